The lowest BCUT2D eigenvalue weighted by molar-refractivity contribution is -0.138. The van der Waals surface area contributed by atoms with Gasteiger partial charge in [-0.15, -0.1) is 0 Å². The van der Waals surface area contributed by atoms with Crippen LogP contribution in [0.25, 0.3) is 0 Å². The number of benzene rings is 1. The standard InChI is InChI=1S/C19H22N2O4/c1-12-8-16(20-25-12)17-4-3-7-21(17)19(22)14-9-13-5-6-15(23-2)10-18(13)24-11-14/h5-6,8,10,14,17H,3-4,7,9,11H2,1-2H3. The van der Waals surface area contributed by atoms with Gasteiger partial charge < -0.3 is 18.9 Å². The van der Waals surface area contributed by atoms with E-state index in [1.54, 1.807) is 7.11 Å². The monoisotopic (exact) mass is 342 g/mol. The summed E-state index contributed by atoms with van der Waals surface area (Å²) in [7, 11) is 1.63. The SMILES string of the molecule is COc1ccc2c(c1)OCC(C(=O)N1CCCC1c1cc(C)on1)C2. The number of nitrogens with zero attached hydrogens (tertiary/aromatic N) is 2. The first kappa shape index (κ1) is 16.0. The molecule has 25 heavy (non-hydrogen) atoms. The van der Waals surface area contributed by atoms with Crippen LogP contribution in [0.2, 0.25) is 0 Å². The number of hydrogen-bond acceptors (Lipinski definition) is 5. The number of methoxy groups -OCH3 is 1. The zero-order valence-electron chi connectivity index (χ0n) is 14.5. The van der Waals surface area contributed by atoms with Gasteiger partial charge in [0.15, 0.2) is 0 Å². The van der Waals surface area contributed by atoms with E-state index in [1.165, 1.54) is 0 Å². The molecule has 3 heterocycles. The van der Waals surface area contributed by atoms with Crippen molar-refractivity contribution in [2.24, 2.45) is 5.92 Å². The Morgan fingerprint density at radius 1 is 1.36 bits per heavy atom. The summed E-state index contributed by atoms with van der Waals surface area (Å²) >= 11 is 0. The van der Waals surface area contributed by atoms with Crippen LogP contribution in [0.5, 0.6) is 11.5 Å². The number of aryl methyl sites for hydroxylation is 1. The molecule has 1 fully saturated rings. The molecular weight excluding hydrogens is 320 g/mol. The van der Waals surface area contributed by atoms with Gasteiger partial charge in [-0.1, -0.05) is 11.2 Å². The minimum atomic E-state index is -0.158. The predicted molar refractivity (Wildman–Crippen MR) is 90.6 cm³/mol. The molecule has 6 nitrogen and oxygen atoms in total. The minimum Gasteiger partial charge on any atom is -0.497 e. The lowest BCUT2D eigenvalue weighted by Gasteiger charge is -2.31. The average Bonchev–Trinajstić information content (AvgIpc) is 3.28. The first-order valence-electron chi connectivity index (χ1n) is 8.69. The summed E-state index contributed by atoms with van der Waals surface area (Å²) in [5.74, 6) is 2.34. The molecule has 1 aromatic carbocycles. The number of aromatic nitrogens is 1. The average molecular weight is 342 g/mol. The van der Waals surface area contributed by atoms with Crippen molar-refractivity contribution in [3.05, 3.63) is 41.3 Å². The van der Waals surface area contributed by atoms with Gasteiger partial charge >= 0.3 is 0 Å². The van der Waals surface area contributed by atoms with Crippen LogP contribution in [0.3, 0.4) is 0 Å². The third-order valence-electron chi connectivity index (χ3n) is 5.05. The number of likely N-dealkylation sites (tertiary alicyclic amines) is 1. The van der Waals surface area contributed by atoms with Crippen molar-refractivity contribution in [1.29, 1.82) is 0 Å². The van der Waals surface area contributed by atoms with Crippen molar-refractivity contribution < 1.29 is 18.8 Å². The number of hydrogen-bond donors (Lipinski definition) is 0. The smallest absolute Gasteiger partial charge is 0.230 e. The quantitative estimate of drug-likeness (QED) is 0.858. The van der Waals surface area contributed by atoms with Crippen molar-refractivity contribution in [2.45, 2.75) is 32.2 Å². The minimum absolute atomic E-state index is 0.0159. The fourth-order valence-corrected chi connectivity index (χ4v) is 3.75. The van der Waals surface area contributed by atoms with Gasteiger partial charge in [0.2, 0.25) is 5.91 Å². The Bertz CT molecular complexity index is 785. The zero-order chi connectivity index (χ0) is 17.4. The second kappa shape index (κ2) is 6.43. The third kappa shape index (κ3) is 2.97. The van der Waals surface area contributed by atoms with Crippen molar-refractivity contribution in [1.82, 2.24) is 10.1 Å². The summed E-state index contributed by atoms with van der Waals surface area (Å²) in [5.41, 5.74) is 1.91. The van der Waals surface area contributed by atoms with Crippen LogP contribution in [-0.4, -0.2) is 36.2 Å². The van der Waals surface area contributed by atoms with Crippen LogP contribution < -0.4 is 9.47 Å². The number of carbonyl (C=O) groups excluding carboxylic acids is 1. The molecule has 0 bridgehead atoms. The highest BCUT2D eigenvalue weighted by Crippen LogP contribution is 2.36. The van der Waals surface area contributed by atoms with Gasteiger partial charge in [0.05, 0.1) is 19.1 Å². The molecule has 2 unspecified atom stereocenters. The van der Waals surface area contributed by atoms with Gasteiger partial charge in [0.1, 0.15) is 29.6 Å². The van der Waals surface area contributed by atoms with Crippen LogP contribution in [0.15, 0.2) is 28.8 Å². The number of ether oxygens (including phenoxy) is 2. The molecule has 0 N–H and O–H groups in total. The molecular formula is C19H22N2O4. The van der Waals surface area contributed by atoms with E-state index in [1.807, 2.05) is 36.1 Å². The largest absolute Gasteiger partial charge is 0.497 e. The molecule has 6 heteroatoms. The van der Waals surface area contributed by atoms with Crippen LogP contribution in [-0.2, 0) is 11.2 Å². The van der Waals surface area contributed by atoms with Gasteiger partial charge in [-0.3, -0.25) is 4.79 Å². The van der Waals surface area contributed by atoms with Crippen molar-refractivity contribution >= 4 is 5.91 Å². The molecule has 2 atom stereocenters. The van der Waals surface area contributed by atoms with Gasteiger partial charge in [0, 0.05) is 18.7 Å². The second-order valence-electron chi connectivity index (χ2n) is 6.74. The summed E-state index contributed by atoms with van der Waals surface area (Å²) in [6.07, 6.45) is 2.61. The van der Waals surface area contributed by atoms with E-state index < -0.39 is 0 Å². The molecule has 2 aromatic rings. The molecule has 1 amide bonds. The maximum Gasteiger partial charge on any atom is 0.230 e. The van der Waals surface area contributed by atoms with Crippen LogP contribution in [0.4, 0.5) is 0 Å². The highest BCUT2D eigenvalue weighted by Gasteiger charge is 2.37. The van der Waals surface area contributed by atoms with Gasteiger partial charge in [0.25, 0.3) is 0 Å². The summed E-state index contributed by atoms with van der Waals surface area (Å²) in [5, 5.41) is 4.12. The van der Waals surface area contributed by atoms with E-state index in [0.717, 1.165) is 47.9 Å². The number of carbonyl (C=O) groups is 1. The Morgan fingerprint density at radius 2 is 2.24 bits per heavy atom. The number of fused-ring (bicyclic) bond motifs is 1. The summed E-state index contributed by atoms with van der Waals surface area (Å²) in [6.45, 7) is 3.04. The normalized spacial score (nSPS) is 22.4. The van der Waals surface area contributed by atoms with Crippen LogP contribution >= 0.6 is 0 Å². The van der Waals surface area contributed by atoms with Crippen molar-refractivity contribution in [2.75, 3.05) is 20.3 Å². The molecule has 0 spiro atoms. The lowest BCUT2D eigenvalue weighted by atomic mass is 9.95. The van der Waals surface area contributed by atoms with Gasteiger partial charge in [-0.05, 0) is 37.8 Å². The van der Waals surface area contributed by atoms with Gasteiger partial charge in [-0.2, -0.15) is 0 Å². The molecule has 1 saturated heterocycles. The first-order chi connectivity index (χ1) is 12.2. The highest BCUT2D eigenvalue weighted by atomic mass is 16.5. The Labute approximate surface area is 146 Å². The third-order valence-corrected chi connectivity index (χ3v) is 5.05. The molecule has 0 aliphatic carbocycles. The first-order valence-corrected chi connectivity index (χ1v) is 8.69. The topological polar surface area (TPSA) is 64.8 Å². The Hall–Kier alpha value is -2.50. The Balaban J connectivity index is 1.51. The lowest BCUT2D eigenvalue weighted by Crippen LogP contribution is -2.40. The van der Waals surface area contributed by atoms with Crippen LogP contribution in [0.1, 0.15) is 35.9 Å². The maximum atomic E-state index is 13.1. The molecule has 0 saturated carbocycles. The van der Waals surface area contributed by atoms with E-state index in [4.69, 9.17) is 14.0 Å². The molecule has 132 valence electrons. The van der Waals surface area contributed by atoms with E-state index in [-0.39, 0.29) is 17.9 Å². The van der Waals surface area contributed by atoms with E-state index in [0.29, 0.717) is 13.0 Å². The van der Waals surface area contributed by atoms with Crippen molar-refractivity contribution in [3.8, 4) is 11.5 Å². The van der Waals surface area contributed by atoms with Gasteiger partial charge in [-0.25, -0.2) is 0 Å². The fourth-order valence-electron chi connectivity index (χ4n) is 3.75. The fraction of sp³-hybridized carbons (Fsp3) is 0.474. The Kier molecular flexibility index (Phi) is 4.11. The van der Waals surface area contributed by atoms with E-state index >= 15 is 0 Å². The second-order valence-corrected chi connectivity index (χ2v) is 6.74. The molecule has 1 aromatic heterocycles. The van der Waals surface area contributed by atoms with Crippen molar-refractivity contribution in [3.63, 3.8) is 0 Å². The highest BCUT2D eigenvalue weighted by molar-refractivity contribution is 5.80. The van der Waals surface area contributed by atoms with E-state index in [9.17, 15) is 4.79 Å². The van der Waals surface area contributed by atoms with E-state index in [2.05, 4.69) is 5.16 Å². The zero-order valence-corrected chi connectivity index (χ0v) is 14.5. The summed E-state index contributed by atoms with van der Waals surface area (Å²) < 4.78 is 16.3. The molecule has 0 radical (unpaired) electrons. The Morgan fingerprint density at radius 3 is 3.00 bits per heavy atom. The summed E-state index contributed by atoms with van der Waals surface area (Å²) in [6, 6.07) is 7.71. The van der Waals surface area contributed by atoms with Crippen LogP contribution in [0, 0.1) is 12.8 Å². The number of amides is 1. The number of rotatable bonds is 3. The molecule has 4 rings (SSSR count). The summed E-state index contributed by atoms with van der Waals surface area (Å²) in [4.78, 5) is 15.0. The predicted octanol–water partition coefficient (Wildman–Crippen LogP) is 2.91. The molecule has 2 aliphatic heterocycles. The molecule has 2 aliphatic rings. The maximum absolute atomic E-state index is 13.1.